The van der Waals surface area contributed by atoms with Crippen molar-refractivity contribution in [2.24, 2.45) is 22.7 Å². The number of fused-ring (bicyclic) bond motifs is 5. The van der Waals surface area contributed by atoms with Gasteiger partial charge in [0.15, 0.2) is 0 Å². The van der Waals surface area contributed by atoms with Crippen molar-refractivity contribution >= 4 is 6.29 Å². The van der Waals surface area contributed by atoms with Crippen LogP contribution in [0.2, 0.25) is 0 Å². The number of allylic oxidation sites excluding steroid dienone is 1. The summed E-state index contributed by atoms with van der Waals surface area (Å²) in [5, 5.41) is 22.2. The Kier molecular flexibility index (Phi) is 4.24. The molecule has 0 aliphatic heterocycles. The van der Waals surface area contributed by atoms with Crippen molar-refractivity contribution in [3.05, 3.63) is 46.0 Å². The quantitative estimate of drug-likeness (QED) is 0.589. The minimum Gasteiger partial charge on any atom is -0.431 e. The summed E-state index contributed by atoms with van der Waals surface area (Å²) in [7, 11) is 0. The first-order valence-electron chi connectivity index (χ1n) is 11.0. The molecule has 4 aliphatic carbocycles. The molecule has 0 aromatic carbocycles. The number of aliphatic hydroxyl groups excluding tert-OH is 1. The molecule has 5 heteroatoms. The maximum atomic E-state index is 12.4. The van der Waals surface area contributed by atoms with Gasteiger partial charge in [-0.15, -0.1) is 0 Å². The molecule has 4 aliphatic rings. The van der Waals surface area contributed by atoms with Crippen molar-refractivity contribution in [2.75, 3.05) is 0 Å². The molecule has 0 saturated heterocycles. The van der Waals surface area contributed by atoms with E-state index >= 15 is 0 Å². The molecule has 3 fully saturated rings. The highest BCUT2D eigenvalue weighted by Gasteiger charge is 2.67. The normalized spacial score (nSPS) is 46.2. The zero-order valence-electron chi connectivity index (χ0n) is 17.0. The lowest BCUT2D eigenvalue weighted by Gasteiger charge is -2.61. The summed E-state index contributed by atoms with van der Waals surface area (Å²) in [4.78, 5) is 23.8. The molecule has 0 amide bonds. The van der Waals surface area contributed by atoms with E-state index in [1.165, 1.54) is 6.07 Å². The zero-order chi connectivity index (χ0) is 20.4. The van der Waals surface area contributed by atoms with E-state index in [2.05, 4.69) is 6.92 Å². The molecule has 0 spiro atoms. The molecule has 1 heterocycles. The minimum absolute atomic E-state index is 0.0829. The third kappa shape index (κ3) is 2.46. The predicted molar refractivity (Wildman–Crippen MR) is 107 cm³/mol. The molecule has 2 N–H and O–H groups in total. The van der Waals surface area contributed by atoms with Crippen LogP contribution in [0.5, 0.6) is 0 Å². The fourth-order valence-corrected chi connectivity index (χ4v) is 7.71. The largest absolute Gasteiger partial charge is 0.431 e. The second-order valence-electron chi connectivity index (χ2n) is 10.1. The van der Waals surface area contributed by atoms with Gasteiger partial charge in [0.2, 0.25) is 0 Å². The van der Waals surface area contributed by atoms with Gasteiger partial charge in [-0.2, -0.15) is 0 Å². The van der Waals surface area contributed by atoms with E-state index < -0.39 is 17.1 Å². The number of carbonyl (C=O) groups excluding carboxylic acids is 1. The Hall–Kier alpha value is -1.72. The Labute approximate surface area is 170 Å². The van der Waals surface area contributed by atoms with Crippen LogP contribution in [0.1, 0.15) is 69.8 Å². The molecule has 3 saturated carbocycles. The molecule has 5 rings (SSSR count). The van der Waals surface area contributed by atoms with Crippen LogP contribution in [0.3, 0.4) is 0 Å². The Morgan fingerprint density at radius 1 is 1.10 bits per heavy atom. The van der Waals surface area contributed by atoms with Crippen molar-refractivity contribution in [1.29, 1.82) is 0 Å². The van der Waals surface area contributed by atoms with Crippen LogP contribution in [0, 0.1) is 22.7 Å². The van der Waals surface area contributed by atoms with Crippen molar-refractivity contribution in [3.8, 4) is 0 Å². The Bertz CT molecular complexity index is 898. The third-order valence-electron chi connectivity index (χ3n) is 9.21. The summed E-state index contributed by atoms with van der Waals surface area (Å²) in [6, 6.07) is 3.31. The van der Waals surface area contributed by atoms with Crippen LogP contribution in [0.4, 0.5) is 0 Å². The van der Waals surface area contributed by atoms with Gasteiger partial charge < -0.3 is 19.4 Å². The van der Waals surface area contributed by atoms with Gasteiger partial charge in [-0.3, -0.25) is 0 Å². The lowest BCUT2D eigenvalue weighted by Crippen LogP contribution is -2.61. The van der Waals surface area contributed by atoms with Gasteiger partial charge >= 0.3 is 5.63 Å². The smallest absolute Gasteiger partial charge is 0.335 e. The molecule has 156 valence electrons. The average molecular weight is 398 g/mol. The van der Waals surface area contributed by atoms with Gasteiger partial charge in [0.05, 0.1) is 23.4 Å². The predicted octanol–water partition coefficient (Wildman–Crippen LogP) is 3.34. The first-order chi connectivity index (χ1) is 13.8. The number of carbonyl (C=O) groups is 1. The Morgan fingerprint density at radius 2 is 1.93 bits per heavy atom. The molecular formula is C24H30O5. The highest BCUT2D eigenvalue weighted by molar-refractivity contribution is 5.67. The van der Waals surface area contributed by atoms with Crippen LogP contribution >= 0.6 is 0 Å². The summed E-state index contributed by atoms with van der Waals surface area (Å²) in [5.74, 6) is 0.368. The second kappa shape index (κ2) is 6.39. The first-order valence-corrected chi connectivity index (χ1v) is 11.0. The van der Waals surface area contributed by atoms with Crippen molar-refractivity contribution in [3.63, 3.8) is 0 Å². The molecular weight excluding hydrogens is 368 g/mol. The number of rotatable bonds is 2. The molecule has 7 atom stereocenters. The van der Waals surface area contributed by atoms with Crippen LogP contribution in [-0.4, -0.2) is 28.2 Å². The fourth-order valence-electron chi connectivity index (χ4n) is 7.71. The van der Waals surface area contributed by atoms with Gasteiger partial charge in [0, 0.05) is 11.5 Å². The van der Waals surface area contributed by atoms with Crippen molar-refractivity contribution in [2.45, 2.75) is 75.9 Å². The van der Waals surface area contributed by atoms with Crippen molar-refractivity contribution < 1.29 is 19.4 Å². The monoisotopic (exact) mass is 398 g/mol. The lowest BCUT2D eigenvalue weighted by molar-refractivity contribution is -0.179. The van der Waals surface area contributed by atoms with E-state index in [0.29, 0.717) is 19.3 Å². The number of aldehydes is 1. The summed E-state index contributed by atoms with van der Waals surface area (Å²) in [6.07, 6.45) is 10.4. The van der Waals surface area contributed by atoms with Gasteiger partial charge in [-0.1, -0.05) is 18.6 Å². The minimum atomic E-state index is -0.825. The van der Waals surface area contributed by atoms with E-state index in [9.17, 15) is 19.8 Å². The van der Waals surface area contributed by atoms with Crippen LogP contribution in [0.25, 0.3) is 0 Å². The van der Waals surface area contributed by atoms with Crippen LogP contribution < -0.4 is 5.63 Å². The maximum absolute atomic E-state index is 12.4. The first kappa shape index (κ1) is 19.3. The molecule has 1 aromatic heterocycles. The average Bonchev–Trinajstić information content (AvgIpc) is 3.00. The van der Waals surface area contributed by atoms with Gasteiger partial charge in [-0.25, -0.2) is 4.79 Å². The van der Waals surface area contributed by atoms with E-state index in [1.807, 2.05) is 12.1 Å². The van der Waals surface area contributed by atoms with Gasteiger partial charge in [-0.05, 0) is 80.8 Å². The van der Waals surface area contributed by atoms with Crippen LogP contribution in [0.15, 0.2) is 39.3 Å². The van der Waals surface area contributed by atoms with E-state index in [4.69, 9.17) is 4.42 Å². The number of aliphatic hydroxyl groups is 2. The lowest BCUT2D eigenvalue weighted by atomic mass is 9.45. The molecule has 5 nitrogen and oxygen atoms in total. The number of hydrogen-bond acceptors (Lipinski definition) is 5. The topological polar surface area (TPSA) is 87.7 Å². The number of hydrogen-bond donors (Lipinski definition) is 2. The summed E-state index contributed by atoms with van der Waals surface area (Å²) < 4.78 is 5.13. The Morgan fingerprint density at radius 3 is 2.66 bits per heavy atom. The van der Waals surface area contributed by atoms with Gasteiger partial charge in [0.1, 0.15) is 6.29 Å². The summed E-state index contributed by atoms with van der Waals surface area (Å²) in [5.41, 5.74) is 0.0938. The Balaban J connectivity index is 1.53. The van der Waals surface area contributed by atoms with E-state index in [1.54, 1.807) is 6.26 Å². The fraction of sp³-hybridized carbons (Fsp3) is 0.667. The van der Waals surface area contributed by atoms with Crippen LogP contribution in [-0.2, 0) is 4.79 Å². The SMILES string of the molecule is C[C@]12CCC3C(CCC4=C[C@@H](O)CC[C@@]43C=O)[C@@]1(O)CC[C@@H]2c1ccc(=O)oc1. The van der Waals surface area contributed by atoms with Crippen molar-refractivity contribution in [1.82, 2.24) is 0 Å². The molecule has 0 bridgehead atoms. The van der Waals surface area contributed by atoms with E-state index in [0.717, 1.165) is 49.5 Å². The van der Waals surface area contributed by atoms with Gasteiger partial charge in [0.25, 0.3) is 0 Å². The zero-order valence-corrected chi connectivity index (χ0v) is 17.0. The molecule has 2 unspecified atom stereocenters. The molecule has 29 heavy (non-hydrogen) atoms. The molecule has 1 aromatic rings. The van der Waals surface area contributed by atoms with E-state index in [-0.39, 0.29) is 28.8 Å². The maximum Gasteiger partial charge on any atom is 0.335 e. The summed E-state index contributed by atoms with van der Waals surface area (Å²) in [6.45, 7) is 2.19. The second-order valence-corrected chi connectivity index (χ2v) is 10.1. The third-order valence-corrected chi connectivity index (χ3v) is 9.21. The highest BCUT2D eigenvalue weighted by Crippen LogP contribution is 2.69. The molecule has 0 radical (unpaired) electrons. The standard InChI is InChI=1S/C24H30O5/c1-22-9-7-19-20(4-3-16-12-17(26)6-10-23(16,19)14-25)24(22,28)11-8-18(22)15-2-5-21(27)29-13-15/h2,5,12-14,17-20,26,28H,3-4,6-11H2,1H3/t17-,18+,19?,20?,22+,23+,24-/m0/s1. The summed E-state index contributed by atoms with van der Waals surface area (Å²) >= 11 is 0. The highest BCUT2D eigenvalue weighted by atomic mass is 16.4.